The summed E-state index contributed by atoms with van der Waals surface area (Å²) in [6.07, 6.45) is 0.315. The van der Waals surface area contributed by atoms with E-state index in [4.69, 9.17) is 37.4 Å². The molecule has 0 aliphatic carbocycles. The number of amides is 3. The predicted octanol–water partition coefficient (Wildman–Crippen LogP) is 6.33. The Morgan fingerprint density at radius 2 is 1.80 bits per heavy atom. The van der Waals surface area contributed by atoms with Crippen LogP contribution in [0, 0.1) is 29.1 Å². The Morgan fingerprint density at radius 3 is 2.48 bits per heavy atom. The fraction of sp³-hybridized carbons (Fsp3) is 0.596. The summed E-state index contributed by atoms with van der Waals surface area (Å²) >= 11 is 6.96. The third kappa shape index (κ3) is 12.1. The fourth-order valence-corrected chi connectivity index (χ4v) is 12.8. The van der Waals surface area contributed by atoms with Gasteiger partial charge in [-0.15, -0.1) is 0 Å². The van der Waals surface area contributed by atoms with Gasteiger partial charge in [0.15, 0.2) is 0 Å². The van der Waals surface area contributed by atoms with Gasteiger partial charge < -0.3 is 14.4 Å². The molecule has 5 aliphatic heterocycles. The summed E-state index contributed by atoms with van der Waals surface area (Å²) in [5, 5.41) is 4.91. The molecule has 75 heavy (non-hydrogen) atoms. The summed E-state index contributed by atoms with van der Waals surface area (Å²) in [6, 6.07) is 1.54. The van der Waals surface area contributed by atoms with Crippen molar-refractivity contribution in [1.29, 1.82) is 0 Å². The molecule has 3 amide bonds. The molecule has 4 bridgehead atoms. The second-order valence-corrected chi connectivity index (χ2v) is 22.9. The average molecular weight is 1250 g/mol. The van der Waals surface area contributed by atoms with Crippen LogP contribution < -0.4 is 15.6 Å². The number of alkyl halides is 5. The molecule has 0 unspecified atom stereocenters. The number of nitrogens with zero attached hydrogens (tertiary/aromatic N) is 7. The number of methoxy groups -OCH3 is 1. The second-order valence-electron chi connectivity index (χ2n) is 21.2. The molecule has 8 rings (SSSR count). The van der Waals surface area contributed by atoms with E-state index in [0.29, 0.717) is 85.2 Å². The van der Waals surface area contributed by atoms with Gasteiger partial charge in [0.25, 0.3) is 0 Å². The summed E-state index contributed by atoms with van der Waals surface area (Å²) < 4.78 is 94.4. The van der Waals surface area contributed by atoms with Gasteiger partial charge >= 0.3 is 335 Å². The van der Waals surface area contributed by atoms with E-state index in [0.717, 1.165) is 10.6 Å². The molecule has 6 atom stereocenters. The van der Waals surface area contributed by atoms with Crippen LogP contribution in [-0.2, 0) is 64.5 Å². The molecule has 2 N–H and O–H groups in total. The molecule has 23 heteroatoms. The molecule has 3 aromatic rings. The number of morpholine rings is 1. The maximum absolute atomic E-state index is 16.7. The number of aliphatic imine (C=N–C) groups is 1. The number of hydrazine groups is 1. The SMILES string of the molecule is [CH-]=C1N=[C-]C[C@H](N[C](=[Os])[C@H](C(C)C)N2CC[C@]3(CCN(C(=O)[C@H](F)Cl)C3)C2=O)C(=O)N2CCC[C@H](N2)C(=O)OCC(C)(C)Cc2c(-c3cc(N4CCOCC4)cnc3[C@H](C)OC)n(CC(F)(F)F)c3cc(F)c1cc23. The van der Waals surface area contributed by atoms with Gasteiger partial charge in [0, 0.05) is 25.8 Å². The van der Waals surface area contributed by atoms with Crippen LogP contribution in [0.2, 0.25) is 0 Å². The molecular formula is C52H63ClF5N9O7Os-2. The van der Waals surface area contributed by atoms with Gasteiger partial charge in [-0.3, -0.25) is 4.98 Å². The number of hydrogen-bond donors (Lipinski definition) is 2. The number of anilines is 1. The first-order valence-corrected chi connectivity index (χ1v) is 26.9. The number of likely N-dealkylation sites (tertiary alicyclic amines) is 2. The van der Waals surface area contributed by atoms with E-state index in [1.54, 1.807) is 24.1 Å². The molecule has 4 fully saturated rings. The molecule has 5 aliphatic rings. The summed E-state index contributed by atoms with van der Waals surface area (Å²) in [4.78, 5) is 69.6. The van der Waals surface area contributed by atoms with Crippen molar-refractivity contribution in [3.05, 3.63) is 53.6 Å². The number of pyridine rings is 1. The molecule has 0 saturated carbocycles. The molecule has 410 valence electrons. The van der Waals surface area contributed by atoms with Gasteiger partial charge in [-0.05, 0) is 13.0 Å². The number of fused-ring (bicyclic) bond motifs is 3. The van der Waals surface area contributed by atoms with Gasteiger partial charge in [-0.1, -0.05) is 0 Å². The van der Waals surface area contributed by atoms with Crippen molar-refractivity contribution in [1.82, 2.24) is 35.1 Å². The standard InChI is InChI=1S/C52H63ClF5N9O7.Os/c1-30(2)42(65-16-12-51(49(65)71)11-15-64(27-51)47(69)45(53)55)26-60-39-10-13-59-31(3)34-22-35-37(24-50(5,6)29-74-48(70)40-9-8-14-67(62-40)46(39)68)44(66(28-52(56,57)58)41(35)23-38(34)54)36-21-33(63-17-19-73-20-18-63)25-61-43(36)32(4)72-7;/h3,21-23,25,30,32,39-40,42,45,60,62H,8-12,14-20,24,27-29H2,1-2,4-7H3;/q-2;/t32-,39-,40-,42+,45-,51-;/m0./s1. The zero-order chi connectivity index (χ0) is 54.3. The Hall–Kier alpha value is -4.71. The third-order valence-corrected chi connectivity index (χ3v) is 16.2. The van der Waals surface area contributed by atoms with Crippen molar-refractivity contribution in [2.24, 2.45) is 21.7 Å². The average Bonchev–Trinajstić information content (AvgIpc) is 4.03. The molecule has 0 radical (unpaired) electrons. The zero-order valence-electron chi connectivity index (χ0n) is 42.8. The molecule has 1 spiro atoms. The minimum absolute atomic E-state index is 0.0274. The van der Waals surface area contributed by atoms with Crippen LogP contribution in [-0.4, -0.2) is 155 Å². The number of ether oxygens (including phenoxy) is 3. The van der Waals surface area contributed by atoms with Gasteiger partial charge in [0.2, 0.25) is 0 Å². The predicted molar refractivity (Wildman–Crippen MR) is 267 cm³/mol. The van der Waals surface area contributed by atoms with Crippen LogP contribution in [0.4, 0.5) is 27.6 Å². The number of nitrogens with one attached hydrogen (secondary N) is 2. The molecule has 4 saturated heterocycles. The van der Waals surface area contributed by atoms with Crippen LogP contribution in [0.15, 0.2) is 29.4 Å². The minimum atomic E-state index is -4.77. The number of esters is 1. The quantitative estimate of drug-likeness (QED) is 0.0956. The van der Waals surface area contributed by atoms with Crippen molar-refractivity contribution < 1.29 is 73.5 Å². The molecule has 2 aromatic heterocycles. The first-order chi connectivity index (χ1) is 35.4. The molecule has 1 aromatic carbocycles. The normalized spacial score (nSPS) is 24.3. The van der Waals surface area contributed by atoms with E-state index in [1.807, 2.05) is 32.6 Å². The van der Waals surface area contributed by atoms with Crippen LogP contribution in [0.25, 0.3) is 27.9 Å². The third-order valence-electron chi connectivity index (χ3n) is 14.9. The topological polar surface area (TPSA) is 163 Å². The van der Waals surface area contributed by atoms with E-state index in [9.17, 15) is 36.7 Å². The molecule has 7 heterocycles. The number of aromatic nitrogens is 2. The van der Waals surface area contributed by atoms with E-state index >= 15 is 4.39 Å². The van der Waals surface area contributed by atoms with E-state index < -0.39 is 77.0 Å². The summed E-state index contributed by atoms with van der Waals surface area (Å²) in [6.45, 7) is 16.8. The molecule has 16 nitrogen and oxygen atoms in total. The van der Waals surface area contributed by atoms with Crippen molar-refractivity contribution in [2.75, 3.05) is 71.1 Å². The zero-order valence-corrected chi connectivity index (χ0v) is 46.1. The Bertz CT molecular complexity index is 2750. The van der Waals surface area contributed by atoms with Crippen LogP contribution in [0.5, 0.6) is 0 Å². The van der Waals surface area contributed by atoms with Gasteiger partial charge in [-0.25, -0.2) is 0 Å². The number of hydrogen-bond acceptors (Lipinski definition) is 12. The second kappa shape index (κ2) is 22.7. The number of carbonyl (C=O) groups excluding carboxylic acids is 4. The summed E-state index contributed by atoms with van der Waals surface area (Å²) in [7, 11) is 1.47. The Balaban J connectivity index is 1.20. The van der Waals surface area contributed by atoms with Crippen molar-refractivity contribution >= 4 is 68.0 Å². The van der Waals surface area contributed by atoms with Gasteiger partial charge in [-0.2, -0.15) is 13.2 Å². The van der Waals surface area contributed by atoms with E-state index in [2.05, 4.69) is 21.9 Å². The van der Waals surface area contributed by atoms with Crippen molar-refractivity contribution in [2.45, 2.75) is 116 Å². The first kappa shape index (κ1) is 56.5. The van der Waals surface area contributed by atoms with Gasteiger partial charge in [0.1, 0.15) is 6.54 Å². The Kier molecular flexibility index (Phi) is 17.1. The molecular weight excluding hydrogens is 1180 g/mol. The van der Waals surface area contributed by atoms with E-state index in [1.165, 1.54) is 41.2 Å². The number of halogens is 6. The Labute approximate surface area is 448 Å². The Morgan fingerprint density at radius 1 is 1.08 bits per heavy atom. The van der Waals surface area contributed by atoms with Crippen LogP contribution in [0.1, 0.15) is 89.6 Å². The van der Waals surface area contributed by atoms with Gasteiger partial charge in [0.05, 0.1) is 36.9 Å². The van der Waals surface area contributed by atoms with Crippen LogP contribution in [0.3, 0.4) is 0 Å². The first-order valence-electron chi connectivity index (χ1n) is 25.2. The number of benzene rings is 1. The number of cyclic esters (lactones) is 1. The van der Waals surface area contributed by atoms with Crippen molar-refractivity contribution in [3.63, 3.8) is 0 Å². The maximum atomic E-state index is 16.7. The van der Waals surface area contributed by atoms with Crippen LogP contribution >= 0.6 is 11.6 Å². The summed E-state index contributed by atoms with van der Waals surface area (Å²) in [5.41, 5.74) is 0.117. The number of carbonyl (C=O) groups is 4. The fourth-order valence-electron chi connectivity index (χ4n) is 10.9. The summed E-state index contributed by atoms with van der Waals surface area (Å²) in [5.74, 6) is -3.37. The van der Waals surface area contributed by atoms with Crippen molar-refractivity contribution in [3.8, 4) is 11.3 Å². The van der Waals surface area contributed by atoms with E-state index in [-0.39, 0.29) is 78.8 Å². The number of rotatable bonds is 11. The monoisotopic (exact) mass is 1250 g/mol.